The molecular formula is C28H42OSi. The molecule has 0 radical (unpaired) electrons. The first kappa shape index (κ1) is 24.6. The number of hydrogen-bond donors (Lipinski definition) is 1. The molecule has 0 saturated heterocycles. The molecule has 1 nitrogen and oxygen atoms in total. The first-order valence-electron chi connectivity index (χ1n) is 11.7. The smallest absolute Gasteiger partial charge is 0.282 e. The molecule has 0 bridgehead atoms. The Kier molecular flexibility index (Phi) is 8.69. The van der Waals surface area contributed by atoms with Crippen molar-refractivity contribution >= 4 is 18.7 Å². The predicted molar refractivity (Wildman–Crippen MR) is 136 cm³/mol. The third kappa shape index (κ3) is 5.15. The lowest BCUT2D eigenvalue weighted by atomic mass is 10.1. The second-order valence-corrected chi connectivity index (χ2v) is 12.3. The summed E-state index contributed by atoms with van der Waals surface area (Å²) in [5.41, 5.74) is 7.45. The van der Waals surface area contributed by atoms with Crippen molar-refractivity contribution < 1.29 is 4.80 Å². The normalized spacial score (nSPS) is 12.5. The van der Waals surface area contributed by atoms with E-state index in [1.54, 1.807) is 0 Å². The molecule has 1 N–H and O–H groups in total. The molecular weight excluding hydrogens is 380 g/mol. The second kappa shape index (κ2) is 10.6. The highest BCUT2D eigenvalue weighted by Crippen LogP contribution is 2.26. The quantitative estimate of drug-likeness (QED) is 0.364. The van der Waals surface area contributed by atoms with Gasteiger partial charge >= 0.3 is 0 Å². The van der Waals surface area contributed by atoms with Gasteiger partial charge in [0.1, 0.15) is 0 Å². The predicted octanol–water partition coefficient (Wildman–Crippen LogP) is 6.44. The highest BCUT2D eigenvalue weighted by Gasteiger charge is 2.43. The van der Waals surface area contributed by atoms with Crippen molar-refractivity contribution in [3.63, 3.8) is 0 Å². The highest BCUT2D eigenvalue weighted by molar-refractivity contribution is 7.02. The zero-order chi connectivity index (χ0) is 22.5. The monoisotopic (exact) mass is 422 g/mol. The fourth-order valence-electron chi connectivity index (χ4n) is 5.40. The van der Waals surface area contributed by atoms with E-state index >= 15 is 0 Å². The Labute approximate surface area is 186 Å². The van der Waals surface area contributed by atoms with Gasteiger partial charge in [0.15, 0.2) is 0 Å². The zero-order valence-corrected chi connectivity index (χ0v) is 21.6. The largest absolute Gasteiger partial charge is 0.421 e. The molecule has 2 aromatic rings. The SMILES string of the molecule is C/C=C(\CCCCCCC)[Si](O)(c1c(C)cc(C)cc1C)c1c(C)cc(C)cc1C. The van der Waals surface area contributed by atoms with Crippen LogP contribution in [0.1, 0.15) is 85.8 Å². The van der Waals surface area contributed by atoms with E-state index in [9.17, 15) is 4.80 Å². The summed E-state index contributed by atoms with van der Waals surface area (Å²) in [6.45, 7) is 17.4. The maximum absolute atomic E-state index is 12.8. The van der Waals surface area contributed by atoms with Gasteiger partial charge in [-0.15, -0.1) is 0 Å². The van der Waals surface area contributed by atoms with Gasteiger partial charge in [-0.2, -0.15) is 0 Å². The van der Waals surface area contributed by atoms with Gasteiger partial charge in [0, 0.05) is 0 Å². The van der Waals surface area contributed by atoms with Crippen molar-refractivity contribution in [1.82, 2.24) is 0 Å². The average molecular weight is 423 g/mol. The van der Waals surface area contributed by atoms with Crippen molar-refractivity contribution in [2.45, 2.75) is 93.9 Å². The topological polar surface area (TPSA) is 20.2 Å². The Morgan fingerprint density at radius 3 is 1.50 bits per heavy atom. The van der Waals surface area contributed by atoms with Crippen LogP contribution >= 0.6 is 0 Å². The van der Waals surface area contributed by atoms with Crippen molar-refractivity contribution in [2.75, 3.05) is 0 Å². The minimum atomic E-state index is -3.06. The molecule has 0 aliphatic heterocycles. The molecule has 2 heteroatoms. The molecule has 0 unspecified atom stereocenters. The maximum Gasteiger partial charge on any atom is 0.282 e. The number of rotatable bonds is 9. The molecule has 164 valence electrons. The molecule has 0 aromatic heterocycles. The molecule has 0 spiro atoms. The van der Waals surface area contributed by atoms with Crippen molar-refractivity contribution in [3.05, 3.63) is 68.9 Å². The third-order valence-corrected chi connectivity index (χ3v) is 10.9. The van der Waals surface area contributed by atoms with Gasteiger partial charge in [0.2, 0.25) is 0 Å². The zero-order valence-electron chi connectivity index (χ0n) is 20.6. The fourth-order valence-corrected chi connectivity index (χ4v) is 9.82. The minimum absolute atomic E-state index is 0.989. The molecule has 0 atom stereocenters. The second-order valence-electron chi connectivity index (χ2n) is 9.24. The van der Waals surface area contributed by atoms with Crippen LogP contribution in [0.5, 0.6) is 0 Å². The molecule has 0 amide bonds. The molecule has 0 fully saturated rings. The molecule has 0 heterocycles. The van der Waals surface area contributed by atoms with E-state index in [0.29, 0.717) is 0 Å². The van der Waals surface area contributed by atoms with Gasteiger partial charge in [0.05, 0.1) is 0 Å². The Balaban J connectivity index is 2.68. The third-order valence-electron chi connectivity index (χ3n) is 6.44. The summed E-state index contributed by atoms with van der Waals surface area (Å²) in [6.07, 6.45) is 9.47. The lowest BCUT2D eigenvalue weighted by molar-refractivity contribution is 0.567. The van der Waals surface area contributed by atoms with Crippen LogP contribution in [0.3, 0.4) is 0 Å². The van der Waals surface area contributed by atoms with E-state index < -0.39 is 8.32 Å². The summed E-state index contributed by atoms with van der Waals surface area (Å²) >= 11 is 0. The number of aryl methyl sites for hydroxylation is 6. The fraction of sp³-hybridized carbons (Fsp3) is 0.500. The van der Waals surface area contributed by atoms with Crippen LogP contribution in [0, 0.1) is 41.5 Å². The molecule has 0 aliphatic rings. The van der Waals surface area contributed by atoms with Gasteiger partial charge in [0.25, 0.3) is 8.32 Å². The van der Waals surface area contributed by atoms with E-state index in [4.69, 9.17) is 0 Å². The van der Waals surface area contributed by atoms with Crippen molar-refractivity contribution in [3.8, 4) is 0 Å². The van der Waals surface area contributed by atoms with Crippen LogP contribution in [0.25, 0.3) is 0 Å². The first-order chi connectivity index (χ1) is 14.2. The summed E-state index contributed by atoms with van der Waals surface area (Å²) in [7, 11) is -3.06. The lowest BCUT2D eigenvalue weighted by Crippen LogP contribution is -2.64. The van der Waals surface area contributed by atoms with E-state index in [-0.39, 0.29) is 0 Å². The Morgan fingerprint density at radius 1 is 0.733 bits per heavy atom. The number of benzene rings is 2. The van der Waals surface area contributed by atoms with Gasteiger partial charge in [-0.25, -0.2) is 0 Å². The van der Waals surface area contributed by atoms with E-state index in [1.165, 1.54) is 74.6 Å². The summed E-state index contributed by atoms with van der Waals surface area (Å²) in [5.74, 6) is 0. The summed E-state index contributed by atoms with van der Waals surface area (Å²) < 4.78 is 0. The number of allylic oxidation sites excluding steroid dienone is 2. The van der Waals surface area contributed by atoms with Crippen LogP contribution < -0.4 is 10.4 Å². The van der Waals surface area contributed by atoms with Crippen LogP contribution in [0.4, 0.5) is 0 Å². The molecule has 2 aromatic carbocycles. The average Bonchev–Trinajstić information content (AvgIpc) is 2.62. The Hall–Kier alpha value is -1.64. The van der Waals surface area contributed by atoms with E-state index in [2.05, 4.69) is 85.7 Å². The number of hydrogen-bond acceptors (Lipinski definition) is 1. The first-order valence-corrected chi connectivity index (χ1v) is 13.7. The molecule has 2 rings (SSSR count). The van der Waals surface area contributed by atoms with Crippen LogP contribution in [-0.2, 0) is 0 Å². The van der Waals surface area contributed by atoms with Crippen LogP contribution in [0.15, 0.2) is 35.5 Å². The van der Waals surface area contributed by atoms with Crippen molar-refractivity contribution in [1.29, 1.82) is 0 Å². The van der Waals surface area contributed by atoms with Crippen LogP contribution in [-0.4, -0.2) is 13.1 Å². The highest BCUT2D eigenvalue weighted by atomic mass is 28.4. The van der Waals surface area contributed by atoms with Gasteiger partial charge in [-0.1, -0.05) is 79.3 Å². The van der Waals surface area contributed by atoms with E-state index in [1.807, 2.05) is 0 Å². The maximum atomic E-state index is 12.8. The molecule has 0 saturated carbocycles. The summed E-state index contributed by atoms with van der Waals surface area (Å²) in [4.78, 5) is 12.8. The Morgan fingerprint density at radius 2 is 1.13 bits per heavy atom. The molecule has 0 aliphatic carbocycles. The van der Waals surface area contributed by atoms with Crippen molar-refractivity contribution in [2.24, 2.45) is 0 Å². The number of unbranched alkanes of at least 4 members (excludes halogenated alkanes) is 4. The molecule has 30 heavy (non-hydrogen) atoms. The Bertz CT molecular complexity index is 803. The minimum Gasteiger partial charge on any atom is -0.421 e. The summed E-state index contributed by atoms with van der Waals surface area (Å²) in [6, 6.07) is 8.97. The van der Waals surface area contributed by atoms with Crippen LogP contribution in [0.2, 0.25) is 0 Å². The summed E-state index contributed by atoms with van der Waals surface area (Å²) in [5, 5.41) is 3.67. The van der Waals surface area contributed by atoms with Gasteiger partial charge in [-0.3, -0.25) is 0 Å². The lowest BCUT2D eigenvalue weighted by Gasteiger charge is -2.35. The van der Waals surface area contributed by atoms with E-state index in [0.717, 1.165) is 12.8 Å². The van der Waals surface area contributed by atoms with Gasteiger partial charge in [-0.05, 0) is 93.9 Å². The standard InChI is InChI=1S/C28H42OSi/c1-9-11-12-13-14-15-26(10-2)30(29,27-22(5)16-20(3)17-23(27)6)28-24(7)18-21(4)19-25(28)8/h10,16-19,29H,9,11-15H2,1-8H3/b26-10+. The van der Waals surface area contributed by atoms with Gasteiger partial charge < -0.3 is 4.80 Å².